The van der Waals surface area contributed by atoms with Crippen molar-refractivity contribution in [2.75, 3.05) is 44.2 Å². The first-order valence-electron chi connectivity index (χ1n) is 16.9. The van der Waals surface area contributed by atoms with E-state index in [0.29, 0.717) is 36.8 Å². The number of carbonyl (C=O) groups excluding carboxylic acids is 1. The zero-order valence-electron chi connectivity index (χ0n) is 26.4. The number of piperidine rings is 2. The molecule has 1 N–H and O–H groups in total. The van der Waals surface area contributed by atoms with Gasteiger partial charge in [0.1, 0.15) is 0 Å². The number of hydrogen-bond donors (Lipinski definition) is 1. The summed E-state index contributed by atoms with van der Waals surface area (Å²) in [6.45, 7) is 8.10. The molecule has 0 radical (unpaired) electrons. The minimum Gasteiger partial charge on any atom is -0.338 e. The molecular formula is C34H44F2N8O. The van der Waals surface area contributed by atoms with E-state index in [1.165, 1.54) is 31.6 Å². The Labute approximate surface area is 263 Å². The fourth-order valence-electron chi connectivity index (χ4n) is 8.92. The summed E-state index contributed by atoms with van der Waals surface area (Å²) < 4.78 is 33.1. The Bertz CT molecular complexity index is 1590. The van der Waals surface area contributed by atoms with E-state index in [-0.39, 0.29) is 11.5 Å². The number of carbonyl (C=O) groups is 1. The topological polar surface area (TPSA) is 74.5 Å². The molecule has 3 atom stereocenters. The number of rotatable bonds is 6. The van der Waals surface area contributed by atoms with E-state index < -0.39 is 6.43 Å². The molecule has 1 saturated carbocycles. The molecule has 2 saturated heterocycles. The number of amides is 1. The Morgan fingerprint density at radius 2 is 1.96 bits per heavy atom. The molecule has 9 nitrogen and oxygen atoms in total. The van der Waals surface area contributed by atoms with E-state index in [2.05, 4.69) is 24.9 Å². The Morgan fingerprint density at radius 1 is 1.11 bits per heavy atom. The summed E-state index contributed by atoms with van der Waals surface area (Å²) >= 11 is 0. The van der Waals surface area contributed by atoms with Gasteiger partial charge in [0.05, 0.1) is 18.8 Å². The first-order chi connectivity index (χ1) is 21.8. The maximum Gasteiger partial charge on any atom is 0.264 e. The van der Waals surface area contributed by atoms with Crippen molar-refractivity contribution in [3.8, 4) is 11.1 Å². The molecule has 8 rings (SSSR count). The quantitative estimate of drug-likeness (QED) is 0.426. The highest BCUT2D eigenvalue weighted by Crippen LogP contribution is 2.44. The van der Waals surface area contributed by atoms with Gasteiger partial charge in [0.2, 0.25) is 5.91 Å². The summed E-state index contributed by atoms with van der Waals surface area (Å²) in [5, 5.41) is 13.2. The number of benzene rings is 1. The fourth-order valence-corrected chi connectivity index (χ4v) is 8.92. The molecule has 6 heterocycles. The molecule has 1 aliphatic carbocycles. The Kier molecular flexibility index (Phi) is 7.43. The Hall–Kier alpha value is -3.31. The van der Waals surface area contributed by atoms with Gasteiger partial charge in [0.25, 0.3) is 6.43 Å². The van der Waals surface area contributed by atoms with Crippen LogP contribution in [0, 0.1) is 11.8 Å². The molecule has 2 bridgehead atoms. The fraction of sp³-hybridized carbons (Fsp3) is 0.618. The van der Waals surface area contributed by atoms with Gasteiger partial charge < -0.3 is 20.0 Å². The predicted octanol–water partition coefficient (Wildman–Crippen LogP) is 4.85. The van der Waals surface area contributed by atoms with Crippen molar-refractivity contribution in [3.05, 3.63) is 46.9 Å². The summed E-state index contributed by atoms with van der Waals surface area (Å²) in [6.07, 6.45) is 8.12. The molecule has 5 aliphatic rings. The first-order valence-corrected chi connectivity index (χ1v) is 16.9. The normalized spacial score (nSPS) is 25.3. The van der Waals surface area contributed by atoms with Gasteiger partial charge in [-0.1, -0.05) is 0 Å². The van der Waals surface area contributed by atoms with Crippen LogP contribution < -0.4 is 10.2 Å². The van der Waals surface area contributed by atoms with Gasteiger partial charge in [0.15, 0.2) is 5.82 Å². The van der Waals surface area contributed by atoms with Crippen molar-refractivity contribution in [1.29, 1.82) is 0 Å². The predicted molar refractivity (Wildman–Crippen MR) is 169 cm³/mol. The number of alkyl halides is 2. The number of halogens is 2. The smallest absolute Gasteiger partial charge is 0.264 e. The second-order valence-corrected chi connectivity index (χ2v) is 14.0. The van der Waals surface area contributed by atoms with Gasteiger partial charge in [-0.05, 0) is 80.2 Å². The number of aryl methyl sites for hydroxylation is 2. The van der Waals surface area contributed by atoms with Crippen molar-refractivity contribution in [2.45, 2.75) is 76.9 Å². The van der Waals surface area contributed by atoms with Crippen LogP contribution in [0.1, 0.15) is 73.9 Å². The van der Waals surface area contributed by atoms with Crippen molar-refractivity contribution in [2.24, 2.45) is 18.9 Å². The van der Waals surface area contributed by atoms with Gasteiger partial charge >= 0.3 is 0 Å². The van der Waals surface area contributed by atoms with Crippen molar-refractivity contribution in [1.82, 2.24) is 34.7 Å². The van der Waals surface area contributed by atoms with Crippen LogP contribution in [-0.2, 0) is 31.2 Å². The van der Waals surface area contributed by atoms with E-state index in [1.807, 2.05) is 11.0 Å². The number of nitrogens with zero attached hydrogens (tertiary/aromatic N) is 7. The van der Waals surface area contributed by atoms with Crippen LogP contribution in [-0.4, -0.2) is 80.6 Å². The van der Waals surface area contributed by atoms with Crippen LogP contribution in [0.4, 0.5) is 20.3 Å². The summed E-state index contributed by atoms with van der Waals surface area (Å²) in [5.41, 5.74) is 5.43. The van der Waals surface area contributed by atoms with Crippen molar-refractivity contribution >= 4 is 17.4 Å². The second kappa shape index (κ2) is 11.5. The third-order valence-corrected chi connectivity index (χ3v) is 11.3. The third-order valence-electron chi connectivity index (χ3n) is 11.3. The van der Waals surface area contributed by atoms with Crippen LogP contribution in [0.25, 0.3) is 11.1 Å². The Balaban J connectivity index is 1.11. The largest absolute Gasteiger partial charge is 0.338 e. The highest BCUT2D eigenvalue weighted by Gasteiger charge is 2.41. The number of hydrogen-bond acceptors (Lipinski definition) is 6. The molecule has 0 spiro atoms. The lowest BCUT2D eigenvalue weighted by Crippen LogP contribution is -2.41. The van der Waals surface area contributed by atoms with Crippen molar-refractivity contribution in [3.63, 3.8) is 0 Å². The summed E-state index contributed by atoms with van der Waals surface area (Å²) in [5.74, 6) is 2.56. The molecule has 2 aromatic heterocycles. The zero-order chi connectivity index (χ0) is 30.8. The maximum atomic E-state index is 14.6. The molecule has 240 valence electrons. The molecule has 1 amide bonds. The lowest BCUT2D eigenvalue weighted by molar-refractivity contribution is -0.129. The van der Waals surface area contributed by atoms with Crippen LogP contribution in [0.3, 0.4) is 0 Å². The minimum absolute atomic E-state index is 0.0194. The van der Waals surface area contributed by atoms with E-state index in [1.54, 1.807) is 37.1 Å². The monoisotopic (exact) mass is 618 g/mol. The number of aromatic nitrogens is 4. The van der Waals surface area contributed by atoms with Gasteiger partial charge in [-0.3, -0.25) is 14.2 Å². The van der Waals surface area contributed by atoms with Crippen molar-refractivity contribution < 1.29 is 13.6 Å². The third kappa shape index (κ3) is 5.25. The van der Waals surface area contributed by atoms with Crippen LogP contribution in [0.15, 0.2) is 24.5 Å². The summed E-state index contributed by atoms with van der Waals surface area (Å²) in [7, 11) is 1.80. The van der Waals surface area contributed by atoms with E-state index >= 15 is 0 Å². The molecule has 4 aliphatic heterocycles. The number of fused-ring (bicyclic) bond motifs is 4. The number of likely N-dealkylation sites (tertiary alicyclic amines) is 1. The Morgan fingerprint density at radius 3 is 2.64 bits per heavy atom. The number of anilines is 2. The molecular weight excluding hydrogens is 574 g/mol. The van der Waals surface area contributed by atoms with Gasteiger partial charge in [-0.25, -0.2) is 8.78 Å². The summed E-state index contributed by atoms with van der Waals surface area (Å²) in [4.78, 5) is 19.2. The van der Waals surface area contributed by atoms with Crippen LogP contribution in [0.2, 0.25) is 0 Å². The van der Waals surface area contributed by atoms with Gasteiger partial charge in [-0.15, -0.1) is 0 Å². The molecule has 3 unspecified atom stereocenters. The average Bonchev–Trinajstić information content (AvgIpc) is 3.84. The molecule has 3 fully saturated rings. The molecule has 11 heteroatoms. The van der Waals surface area contributed by atoms with E-state index in [9.17, 15) is 13.6 Å². The molecule has 3 aromatic rings. The standard InChI is InChI=1S/C34H44F2N8O/c1-21(45)42-11-7-31-30(20-42)34(39-44(31)27-5-9-41(10-6-27)19-24-13-26-12-23(24)16-37-26)43-8-3-4-22-14-28(25-17-38-40(2)18-25)29(33(35)36)15-32(22)43/h14-15,17-18,23-24,26-27,33,37H,3-13,16,19-20H2,1-2H3. The minimum atomic E-state index is -2.62. The zero-order valence-corrected chi connectivity index (χ0v) is 26.4. The average molecular weight is 619 g/mol. The molecule has 45 heavy (non-hydrogen) atoms. The maximum absolute atomic E-state index is 14.6. The van der Waals surface area contributed by atoms with Gasteiger partial charge in [0, 0.05) is 93.4 Å². The van der Waals surface area contributed by atoms with E-state index in [0.717, 1.165) is 85.7 Å². The lowest BCUT2D eigenvalue weighted by atomic mass is 9.92. The van der Waals surface area contributed by atoms with Gasteiger partial charge in [-0.2, -0.15) is 10.2 Å². The number of nitrogens with one attached hydrogen (secondary N) is 1. The highest BCUT2D eigenvalue weighted by molar-refractivity contribution is 5.78. The first kappa shape index (κ1) is 29.1. The lowest BCUT2D eigenvalue weighted by Gasteiger charge is -2.36. The van der Waals surface area contributed by atoms with Crippen LogP contribution in [0.5, 0.6) is 0 Å². The van der Waals surface area contributed by atoms with E-state index in [4.69, 9.17) is 5.10 Å². The second-order valence-electron chi connectivity index (χ2n) is 14.0. The van der Waals surface area contributed by atoms with Crippen LogP contribution >= 0.6 is 0 Å². The SMILES string of the molecule is CC(=O)N1CCc2c(c(N3CCCc4cc(-c5cnn(C)c5)c(C(F)F)cc43)nn2C2CCN(CC3CC4CC3CN4)CC2)C1. The highest BCUT2D eigenvalue weighted by atomic mass is 19.3. The summed E-state index contributed by atoms with van der Waals surface area (Å²) in [6, 6.07) is 4.66. The molecule has 1 aromatic carbocycles.